The molecule has 4 rings (SSSR count). The van der Waals surface area contributed by atoms with Gasteiger partial charge in [-0.05, 0) is 60.2 Å². The van der Waals surface area contributed by atoms with Gasteiger partial charge in [-0.2, -0.15) is 26.3 Å². The van der Waals surface area contributed by atoms with Crippen LogP contribution in [0.15, 0.2) is 77.5 Å². The molecule has 0 unspecified atom stereocenters. The van der Waals surface area contributed by atoms with Crippen LogP contribution in [0.4, 0.5) is 26.3 Å². The van der Waals surface area contributed by atoms with Gasteiger partial charge in [0.1, 0.15) is 5.76 Å². The molecular weight excluding hydrogens is 462 g/mol. The highest BCUT2D eigenvalue weighted by Crippen LogP contribution is 2.36. The lowest BCUT2D eigenvalue weighted by molar-refractivity contribution is -0.143. The lowest BCUT2D eigenvalue weighted by Crippen LogP contribution is -2.30. The van der Waals surface area contributed by atoms with Crippen molar-refractivity contribution in [2.24, 2.45) is 0 Å². The van der Waals surface area contributed by atoms with Gasteiger partial charge in [0.05, 0.1) is 29.5 Å². The number of amides is 1. The van der Waals surface area contributed by atoms with Crippen molar-refractivity contribution < 1.29 is 35.6 Å². The summed E-state index contributed by atoms with van der Waals surface area (Å²) in [6.45, 7) is -0.661. The van der Waals surface area contributed by atoms with Crippen molar-refractivity contribution in [3.05, 3.63) is 101 Å². The van der Waals surface area contributed by atoms with Gasteiger partial charge in [0.25, 0.3) is 5.91 Å². The molecule has 0 saturated heterocycles. The van der Waals surface area contributed by atoms with E-state index in [2.05, 4.69) is 4.98 Å². The van der Waals surface area contributed by atoms with Gasteiger partial charge in [0.15, 0.2) is 0 Å². The molecule has 176 valence electrons. The quantitative estimate of drug-likeness (QED) is 0.300. The first-order chi connectivity index (χ1) is 16.0. The first-order valence-corrected chi connectivity index (χ1v) is 9.95. The molecule has 34 heavy (non-hydrogen) atoms. The number of halogens is 6. The van der Waals surface area contributed by atoms with Crippen LogP contribution >= 0.6 is 0 Å². The molecule has 0 spiro atoms. The number of nitrogens with zero attached hydrogens (tertiary/aromatic N) is 2. The van der Waals surface area contributed by atoms with E-state index in [-0.39, 0.29) is 23.7 Å². The van der Waals surface area contributed by atoms with E-state index >= 15 is 0 Å². The molecule has 2 aromatic carbocycles. The lowest BCUT2D eigenvalue weighted by atomic mass is 10.0. The Hall–Kier alpha value is -3.82. The van der Waals surface area contributed by atoms with Crippen molar-refractivity contribution in [1.82, 2.24) is 9.88 Å². The second-order valence-electron chi connectivity index (χ2n) is 7.57. The van der Waals surface area contributed by atoms with Crippen molar-refractivity contribution in [1.29, 1.82) is 0 Å². The highest BCUT2D eigenvalue weighted by Gasteiger charge is 2.37. The second kappa shape index (κ2) is 8.85. The van der Waals surface area contributed by atoms with Gasteiger partial charge in [-0.1, -0.05) is 6.07 Å². The Morgan fingerprint density at radius 2 is 1.56 bits per heavy atom. The summed E-state index contributed by atoms with van der Waals surface area (Å²) in [7, 11) is 0. The van der Waals surface area contributed by atoms with Crippen LogP contribution in [0.2, 0.25) is 0 Å². The van der Waals surface area contributed by atoms with E-state index in [1.807, 2.05) is 0 Å². The smallest absolute Gasteiger partial charge is 0.416 e. The van der Waals surface area contributed by atoms with Crippen LogP contribution < -0.4 is 0 Å². The first kappa shape index (κ1) is 23.3. The fourth-order valence-corrected chi connectivity index (χ4v) is 3.51. The molecule has 0 atom stereocenters. The average molecular weight is 478 g/mol. The van der Waals surface area contributed by atoms with Gasteiger partial charge < -0.3 is 9.32 Å². The number of aromatic nitrogens is 1. The number of carbonyl (C=O) groups excluding carboxylic acids is 1. The minimum absolute atomic E-state index is 0.0541. The summed E-state index contributed by atoms with van der Waals surface area (Å²) in [5, 5.41) is 0.657. The third-order valence-corrected chi connectivity index (χ3v) is 5.08. The number of carbonyl (C=O) groups is 1. The van der Waals surface area contributed by atoms with Gasteiger partial charge >= 0.3 is 12.4 Å². The number of hydrogen-bond donors (Lipinski definition) is 0. The topological polar surface area (TPSA) is 46.3 Å². The zero-order valence-corrected chi connectivity index (χ0v) is 17.3. The van der Waals surface area contributed by atoms with Crippen molar-refractivity contribution in [2.45, 2.75) is 25.4 Å². The van der Waals surface area contributed by atoms with Gasteiger partial charge in [-0.3, -0.25) is 9.78 Å². The summed E-state index contributed by atoms with van der Waals surface area (Å²) in [6, 6.07) is 12.5. The van der Waals surface area contributed by atoms with Crippen LogP contribution in [-0.4, -0.2) is 15.8 Å². The molecule has 0 aliphatic heterocycles. The third-order valence-electron chi connectivity index (χ3n) is 5.08. The Balaban J connectivity index is 1.73. The lowest BCUT2D eigenvalue weighted by Gasteiger charge is -2.23. The molecule has 0 aliphatic carbocycles. The molecule has 0 N–H and O–H groups in total. The molecule has 4 aromatic rings. The normalized spacial score (nSPS) is 12.2. The Kier molecular flexibility index (Phi) is 6.07. The number of rotatable bonds is 5. The molecule has 2 aromatic heterocycles. The van der Waals surface area contributed by atoms with Gasteiger partial charge in [0.2, 0.25) is 0 Å². The maximum absolute atomic E-state index is 13.3. The highest BCUT2D eigenvalue weighted by atomic mass is 19.4. The van der Waals surface area contributed by atoms with Crippen molar-refractivity contribution in [2.75, 3.05) is 0 Å². The zero-order valence-electron chi connectivity index (χ0n) is 17.3. The molecule has 0 radical (unpaired) electrons. The third kappa shape index (κ3) is 5.22. The summed E-state index contributed by atoms with van der Waals surface area (Å²) in [4.78, 5) is 18.6. The number of fused-ring (bicyclic) bond motifs is 1. The van der Waals surface area contributed by atoms with Crippen LogP contribution in [0.5, 0.6) is 0 Å². The predicted molar refractivity (Wildman–Crippen MR) is 110 cm³/mol. The van der Waals surface area contributed by atoms with E-state index in [9.17, 15) is 31.1 Å². The summed E-state index contributed by atoms with van der Waals surface area (Å²) in [5.41, 5.74) is -2.37. The second-order valence-corrected chi connectivity index (χ2v) is 7.57. The first-order valence-electron chi connectivity index (χ1n) is 9.95. The minimum atomic E-state index is -4.99. The molecule has 0 fully saturated rings. The van der Waals surface area contributed by atoms with E-state index < -0.39 is 35.9 Å². The van der Waals surface area contributed by atoms with E-state index in [0.717, 1.165) is 4.90 Å². The number of benzene rings is 2. The number of hydrogen-bond acceptors (Lipinski definition) is 3. The molecule has 0 saturated carbocycles. The minimum Gasteiger partial charge on any atom is -0.467 e. The average Bonchev–Trinajstić information content (AvgIpc) is 3.29. The Labute approximate surface area is 189 Å². The van der Waals surface area contributed by atoms with Gasteiger partial charge in [-0.15, -0.1) is 0 Å². The number of alkyl halides is 6. The van der Waals surface area contributed by atoms with Gasteiger partial charge in [0, 0.05) is 23.7 Å². The molecule has 2 heterocycles. The number of furan rings is 1. The molecule has 1 amide bonds. The predicted octanol–water partition coefficient (Wildman–Crippen LogP) is 6.71. The summed E-state index contributed by atoms with van der Waals surface area (Å²) >= 11 is 0. The fourth-order valence-electron chi connectivity index (χ4n) is 3.51. The van der Waals surface area contributed by atoms with Crippen LogP contribution in [0, 0.1) is 0 Å². The van der Waals surface area contributed by atoms with E-state index in [0.29, 0.717) is 28.8 Å². The van der Waals surface area contributed by atoms with Crippen molar-refractivity contribution in [3.63, 3.8) is 0 Å². The van der Waals surface area contributed by atoms with Crippen molar-refractivity contribution in [3.8, 4) is 0 Å². The van der Waals surface area contributed by atoms with E-state index in [1.54, 1.807) is 42.6 Å². The summed E-state index contributed by atoms with van der Waals surface area (Å²) < 4.78 is 84.9. The van der Waals surface area contributed by atoms with Crippen LogP contribution in [0.1, 0.15) is 32.8 Å². The van der Waals surface area contributed by atoms with Gasteiger partial charge in [-0.25, -0.2) is 0 Å². The van der Waals surface area contributed by atoms with Crippen molar-refractivity contribution >= 4 is 16.8 Å². The SMILES string of the molecule is O=C(c1ccc2ncccc2c1)N(Cc1cc(C(F)(F)F)cc(C(F)(F)F)c1)Cc1ccco1. The number of pyridine rings is 1. The largest absolute Gasteiger partial charge is 0.467 e. The zero-order chi connectivity index (χ0) is 24.5. The Morgan fingerprint density at radius 3 is 2.18 bits per heavy atom. The molecule has 4 nitrogen and oxygen atoms in total. The monoisotopic (exact) mass is 478 g/mol. The van der Waals surface area contributed by atoms with Crippen LogP contribution in [0.25, 0.3) is 10.9 Å². The Morgan fingerprint density at radius 1 is 0.853 bits per heavy atom. The maximum Gasteiger partial charge on any atom is 0.416 e. The Bertz CT molecular complexity index is 1280. The fraction of sp³-hybridized carbons (Fsp3) is 0.167. The highest BCUT2D eigenvalue weighted by molar-refractivity contribution is 5.97. The maximum atomic E-state index is 13.3. The molecule has 10 heteroatoms. The van der Waals surface area contributed by atoms with E-state index in [4.69, 9.17) is 4.42 Å². The van der Waals surface area contributed by atoms with E-state index in [1.165, 1.54) is 12.3 Å². The van der Waals surface area contributed by atoms with Crippen LogP contribution in [-0.2, 0) is 25.4 Å². The molecule has 0 aliphatic rings. The standard InChI is InChI=1S/C24H16F6N2O2/c25-23(26,27)18-9-15(10-19(12-18)24(28,29)30)13-32(14-20-4-2-8-34-20)22(33)17-5-6-21-16(11-17)3-1-7-31-21/h1-12H,13-14H2. The summed E-state index contributed by atoms with van der Waals surface area (Å²) in [5.74, 6) is -0.271. The molecule has 0 bridgehead atoms. The molecular formula is C24H16F6N2O2. The summed E-state index contributed by atoms with van der Waals surface area (Å²) in [6.07, 6.45) is -7.04. The van der Waals surface area contributed by atoms with Crippen LogP contribution in [0.3, 0.4) is 0 Å².